The standard InChI is InChI=1S/C43H37NO/c1-3-4-6-15-31(2)43(38-22-13-14-23-41(38)45)39-27-25-35-20-11-12-21-36(35)42(39)37-26-24-32(30-40(37)43)16-9-10-19-34(28-29-44)33-17-7-5-8-18-33/h3-15,17-30,45H,2,16,44H2,1H3/b4-3-,10-9+,15-6-,29-28-,34-19+. The molecule has 0 spiro atoms. The molecule has 0 heterocycles. The Morgan fingerprint density at radius 2 is 1.56 bits per heavy atom. The summed E-state index contributed by atoms with van der Waals surface area (Å²) in [7, 11) is 0. The van der Waals surface area contributed by atoms with E-state index in [2.05, 4.69) is 97.6 Å². The van der Waals surface area contributed by atoms with Crippen molar-refractivity contribution in [3.8, 4) is 16.9 Å². The van der Waals surface area contributed by atoms with Crippen LogP contribution >= 0.6 is 0 Å². The van der Waals surface area contributed by atoms with Gasteiger partial charge in [-0.3, -0.25) is 0 Å². The fourth-order valence-electron chi connectivity index (χ4n) is 6.63. The molecular formula is C43H37NO. The van der Waals surface area contributed by atoms with Crippen molar-refractivity contribution in [3.05, 3.63) is 204 Å². The molecule has 5 aromatic carbocycles. The highest BCUT2D eigenvalue weighted by Crippen LogP contribution is 2.59. The van der Waals surface area contributed by atoms with Crippen molar-refractivity contribution in [3.63, 3.8) is 0 Å². The van der Waals surface area contributed by atoms with Crippen LogP contribution in [0.25, 0.3) is 27.5 Å². The van der Waals surface area contributed by atoms with E-state index in [1.54, 1.807) is 12.3 Å². The van der Waals surface area contributed by atoms with Crippen molar-refractivity contribution >= 4 is 16.3 Å². The van der Waals surface area contributed by atoms with Crippen molar-refractivity contribution in [2.45, 2.75) is 18.8 Å². The summed E-state index contributed by atoms with van der Waals surface area (Å²) >= 11 is 0. The lowest BCUT2D eigenvalue weighted by molar-refractivity contribution is 0.461. The highest BCUT2D eigenvalue weighted by Gasteiger charge is 2.48. The summed E-state index contributed by atoms with van der Waals surface area (Å²) in [6.07, 6.45) is 18.7. The second-order valence-corrected chi connectivity index (χ2v) is 11.2. The first-order valence-electron chi connectivity index (χ1n) is 15.3. The quantitative estimate of drug-likeness (QED) is 0.170. The van der Waals surface area contributed by atoms with Crippen molar-refractivity contribution in [2.75, 3.05) is 0 Å². The van der Waals surface area contributed by atoms with Crippen LogP contribution in [0.15, 0.2) is 176 Å². The van der Waals surface area contributed by atoms with E-state index in [9.17, 15) is 5.11 Å². The maximum atomic E-state index is 11.4. The zero-order chi connectivity index (χ0) is 31.2. The Morgan fingerprint density at radius 3 is 2.36 bits per heavy atom. The molecule has 220 valence electrons. The van der Waals surface area contributed by atoms with Gasteiger partial charge in [0.25, 0.3) is 0 Å². The SMILES string of the molecule is C=C(/C=C\C=C/C)C1(c2ccccc2O)c2cc(C/C=C/C=C(\C=C/N)c3ccccc3)ccc2-c2c1ccc1ccccc21. The number of para-hydroxylation sites is 1. The van der Waals surface area contributed by atoms with E-state index >= 15 is 0 Å². The van der Waals surface area contributed by atoms with Gasteiger partial charge in [-0.1, -0.05) is 152 Å². The van der Waals surface area contributed by atoms with Crippen LogP contribution in [0.3, 0.4) is 0 Å². The predicted octanol–water partition coefficient (Wildman–Crippen LogP) is 10.2. The molecule has 0 saturated heterocycles. The molecule has 2 heteroatoms. The number of aromatic hydroxyl groups is 1. The molecule has 1 atom stereocenters. The van der Waals surface area contributed by atoms with Crippen molar-refractivity contribution < 1.29 is 5.11 Å². The average molecular weight is 584 g/mol. The molecule has 45 heavy (non-hydrogen) atoms. The third-order valence-corrected chi connectivity index (χ3v) is 8.63. The number of allylic oxidation sites excluding steroid dienone is 10. The van der Waals surface area contributed by atoms with E-state index in [4.69, 9.17) is 5.73 Å². The van der Waals surface area contributed by atoms with Gasteiger partial charge >= 0.3 is 0 Å². The summed E-state index contributed by atoms with van der Waals surface area (Å²) in [4.78, 5) is 0. The minimum atomic E-state index is -0.774. The van der Waals surface area contributed by atoms with Gasteiger partial charge in [0.2, 0.25) is 0 Å². The number of phenols is 1. The van der Waals surface area contributed by atoms with Gasteiger partial charge in [-0.15, -0.1) is 0 Å². The molecule has 0 radical (unpaired) electrons. The molecule has 0 bridgehead atoms. The smallest absolute Gasteiger partial charge is 0.120 e. The van der Waals surface area contributed by atoms with Crippen LogP contribution in [0, 0.1) is 0 Å². The number of nitrogens with two attached hydrogens (primary N) is 1. The molecule has 1 unspecified atom stereocenters. The first-order valence-corrected chi connectivity index (χ1v) is 15.3. The highest BCUT2D eigenvalue weighted by atomic mass is 16.3. The van der Waals surface area contributed by atoms with Crippen LogP contribution in [-0.2, 0) is 11.8 Å². The summed E-state index contributed by atoms with van der Waals surface area (Å²) in [5, 5.41) is 13.8. The van der Waals surface area contributed by atoms with Gasteiger partial charge in [-0.2, -0.15) is 0 Å². The molecule has 1 aliphatic carbocycles. The van der Waals surface area contributed by atoms with E-state index in [1.165, 1.54) is 21.9 Å². The molecule has 0 aliphatic heterocycles. The third-order valence-electron chi connectivity index (χ3n) is 8.63. The predicted molar refractivity (Wildman–Crippen MR) is 191 cm³/mol. The average Bonchev–Trinajstić information content (AvgIpc) is 3.37. The summed E-state index contributed by atoms with van der Waals surface area (Å²) < 4.78 is 0. The second kappa shape index (κ2) is 13.0. The van der Waals surface area contributed by atoms with Crippen molar-refractivity contribution in [1.82, 2.24) is 0 Å². The lowest BCUT2D eigenvalue weighted by Gasteiger charge is -2.34. The van der Waals surface area contributed by atoms with Gasteiger partial charge in [0.1, 0.15) is 5.75 Å². The first kappa shape index (κ1) is 29.5. The first-order chi connectivity index (χ1) is 22.1. The number of phenolic OH excluding ortho intramolecular Hbond substituents is 1. The van der Waals surface area contributed by atoms with Crippen LogP contribution in [0.1, 0.15) is 34.7 Å². The van der Waals surface area contributed by atoms with E-state index in [0.29, 0.717) is 0 Å². The Hall–Kier alpha value is -5.60. The summed E-state index contributed by atoms with van der Waals surface area (Å²) in [5.41, 5.74) is 14.7. The van der Waals surface area contributed by atoms with Crippen LogP contribution in [0.2, 0.25) is 0 Å². The molecule has 1 aliphatic rings. The zero-order valence-corrected chi connectivity index (χ0v) is 25.5. The van der Waals surface area contributed by atoms with Crippen LogP contribution in [0.4, 0.5) is 0 Å². The Kier molecular flexibility index (Phi) is 8.48. The van der Waals surface area contributed by atoms with Crippen LogP contribution in [-0.4, -0.2) is 5.11 Å². The third kappa shape index (κ3) is 5.36. The molecule has 2 nitrogen and oxygen atoms in total. The monoisotopic (exact) mass is 583 g/mol. The van der Waals surface area contributed by atoms with E-state index in [1.807, 2.05) is 67.6 Å². The summed E-state index contributed by atoms with van der Waals surface area (Å²) in [6, 6.07) is 37.6. The van der Waals surface area contributed by atoms with Gasteiger partial charge < -0.3 is 10.8 Å². The van der Waals surface area contributed by atoms with Crippen molar-refractivity contribution in [1.29, 1.82) is 0 Å². The van der Waals surface area contributed by atoms with E-state index < -0.39 is 5.41 Å². The Bertz CT molecular complexity index is 2020. The minimum Gasteiger partial charge on any atom is -0.508 e. The molecule has 5 aromatic rings. The number of fused-ring (bicyclic) bond motifs is 5. The minimum absolute atomic E-state index is 0.252. The molecule has 0 aromatic heterocycles. The summed E-state index contributed by atoms with van der Waals surface area (Å²) in [5.74, 6) is 0.252. The fraction of sp³-hybridized carbons (Fsp3) is 0.0698. The van der Waals surface area contributed by atoms with Gasteiger partial charge in [0.15, 0.2) is 0 Å². The highest BCUT2D eigenvalue weighted by molar-refractivity contribution is 6.04. The van der Waals surface area contributed by atoms with Crippen LogP contribution < -0.4 is 5.73 Å². The van der Waals surface area contributed by atoms with Gasteiger partial charge in [0, 0.05) is 5.56 Å². The lowest BCUT2D eigenvalue weighted by atomic mass is 9.67. The molecular weight excluding hydrogens is 546 g/mol. The van der Waals surface area contributed by atoms with Crippen LogP contribution in [0.5, 0.6) is 5.75 Å². The number of rotatable bonds is 9. The second-order valence-electron chi connectivity index (χ2n) is 11.2. The normalized spacial score (nSPS) is 16.3. The number of benzene rings is 5. The lowest BCUT2D eigenvalue weighted by Crippen LogP contribution is -2.28. The molecule has 6 rings (SSSR count). The topological polar surface area (TPSA) is 46.2 Å². The maximum Gasteiger partial charge on any atom is 0.120 e. The fourth-order valence-corrected chi connectivity index (χ4v) is 6.63. The molecule has 3 N–H and O–H groups in total. The maximum absolute atomic E-state index is 11.4. The Balaban J connectivity index is 1.52. The largest absolute Gasteiger partial charge is 0.508 e. The Morgan fingerprint density at radius 1 is 0.778 bits per heavy atom. The number of hydrogen-bond donors (Lipinski definition) is 2. The van der Waals surface area contributed by atoms with E-state index in [0.717, 1.165) is 45.4 Å². The molecule has 0 saturated carbocycles. The number of hydrogen-bond acceptors (Lipinski definition) is 2. The summed E-state index contributed by atoms with van der Waals surface area (Å²) in [6.45, 7) is 6.68. The Labute approximate surface area is 266 Å². The van der Waals surface area contributed by atoms with E-state index in [-0.39, 0.29) is 5.75 Å². The van der Waals surface area contributed by atoms with Gasteiger partial charge in [-0.25, -0.2) is 0 Å². The zero-order valence-electron chi connectivity index (χ0n) is 25.5. The molecule has 0 fully saturated rings. The van der Waals surface area contributed by atoms with Gasteiger partial charge in [0.05, 0.1) is 5.41 Å². The van der Waals surface area contributed by atoms with Gasteiger partial charge in [-0.05, 0) is 87.0 Å². The molecule has 0 amide bonds. The van der Waals surface area contributed by atoms with Crippen molar-refractivity contribution in [2.24, 2.45) is 5.73 Å².